The number of fused-ring (bicyclic) bond motifs is 1. The number of nitrogens with one attached hydrogen (secondary N) is 1. The van der Waals surface area contributed by atoms with Gasteiger partial charge < -0.3 is 14.2 Å². The monoisotopic (exact) mass is 444 g/mol. The molecule has 7 nitrogen and oxygen atoms in total. The van der Waals surface area contributed by atoms with Gasteiger partial charge in [0.2, 0.25) is 16.8 Å². The minimum Gasteiger partial charge on any atom is -0.454 e. The molecule has 0 amide bonds. The van der Waals surface area contributed by atoms with Crippen LogP contribution in [0.3, 0.4) is 0 Å². The Hall–Kier alpha value is -1.91. The second kappa shape index (κ2) is 9.27. The number of nitrogens with zero attached hydrogens (tertiary/aromatic N) is 1. The fourth-order valence-corrected chi connectivity index (χ4v) is 4.39. The van der Waals surface area contributed by atoms with Crippen molar-refractivity contribution in [1.82, 2.24) is 9.62 Å². The summed E-state index contributed by atoms with van der Waals surface area (Å²) in [4.78, 5) is 2.20. The molecule has 0 bridgehead atoms. The Bertz CT molecular complexity index is 936. The van der Waals surface area contributed by atoms with Crippen LogP contribution in [0.15, 0.2) is 47.4 Å². The van der Waals surface area contributed by atoms with Crippen molar-refractivity contribution < 1.29 is 27.0 Å². The van der Waals surface area contributed by atoms with Crippen molar-refractivity contribution in [1.29, 1.82) is 0 Å². The molecule has 2 aromatic carbocycles. The van der Waals surface area contributed by atoms with Gasteiger partial charge in [0, 0.05) is 25.7 Å². The normalized spacial score (nSPS) is 17.6. The number of morpholine rings is 1. The van der Waals surface area contributed by atoms with Gasteiger partial charge in [0.15, 0.2) is 11.5 Å². The SMILES string of the molecule is Cl.O=S(=O)(NCC(c1ccc2c(c1)OCO2)N1CCOCC1)c1ccc(F)cc1. The first-order valence-electron chi connectivity index (χ1n) is 8.99. The third-order valence-corrected chi connectivity index (χ3v) is 6.30. The number of hydrogen-bond acceptors (Lipinski definition) is 6. The first-order valence-corrected chi connectivity index (χ1v) is 10.5. The first-order chi connectivity index (χ1) is 13.5. The van der Waals surface area contributed by atoms with E-state index in [9.17, 15) is 12.8 Å². The molecule has 0 saturated carbocycles. The summed E-state index contributed by atoms with van der Waals surface area (Å²) in [6.45, 7) is 2.91. The molecule has 1 unspecified atom stereocenters. The summed E-state index contributed by atoms with van der Waals surface area (Å²) in [7, 11) is -3.76. The molecule has 1 fully saturated rings. The Kier molecular flexibility index (Phi) is 6.97. The topological polar surface area (TPSA) is 77.1 Å². The van der Waals surface area contributed by atoms with E-state index in [0.29, 0.717) is 37.8 Å². The third kappa shape index (κ3) is 4.99. The number of benzene rings is 2. The van der Waals surface area contributed by atoms with Gasteiger partial charge >= 0.3 is 0 Å². The number of ether oxygens (including phenoxy) is 3. The Morgan fingerprint density at radius 2 is 1.72 bits per heavy atom. The largest absolute Gasteiger partial charge is 0.454 e. The minimum absolute atomic E-state index is 0. The van der Waals surface area contributed by atoms with Crippen LogP contribution in [-0.2, 0) is 14.8 Å². The summed E-state index contributed by atoms with van der Waals surface area (Å²) in [5, 5.41) is 0. The van der Waals surface area contributed by atoms with Gasteiger partial charge in [-0.05, 0) is 42.0 Å². The number of halogens is 2. The van der Waals surface area contributed by atoms with E-state index < -0.39 is 15.8 Å². The van der Waals surface area contributed by atoms with Gasteiger partial charge in [0.25, 0.3) is 0 Å². The summed E-state index contributed by atoms with van der Waals surface area (Å²) in [6, 6.07) is 10.2. The van der Waals surface area contributed by atoms with E-state index in [1.165, 1.54) is 12.1 Å². The van der Waals surface area contributed by atoms with E-state index in [2.05, 4.69) is 9.62 Å². The Labute approximate surface area is 175 Å². The van der Waals surface area contributed by atoms with Gasteiger partial charge in [-0.1, -0.05) is 6.07 Å². The van der Waals surface area contributed by atoms with Gasteiger partial charge in [-0.15, -0.1) is 12.4 Å². The van der Waals surface area contributed by atoms with Crippen molar-refractivity contribution in [3.05, 3.63) is 53.8 Å². The fourth-order valence-electron chi connectivity index (χ4n) is 3.35. The van der Waals surface area contributed by atoms with Crippen molar-refractivity contribution in [2.45, 2.75) is 10.9 Å². The average molecular weight is 445 g/mol. The van der Waals surface area contributed by atoms with Gasteiger partial charge in [-0.25, -0.2) is 17.5 Å². The zero-order valence-electron chi connectivity index (χ0n) is 15.5. The summed E-state index contributed by atoms with van der Waals surface area (Å²) in [5.74, 6) is 0.846. The molecule has 29 heavy (non-hydrogen) atoms. The molecule has 0 radical (unpaired) electrons. The molecular weight excluding hydrogens is 423 g/mol. The van der Waals surface area contributed by atoms with Crippen molar-refractivity contribution in [3.8, 4) is 11.5 Å². The lowest BCUT2D eigenvalue weighted by Gasteiger charge is -2.35. The highest BCUT2D eigenvalue weighted by Gasteiger charge is 2.27. The molecule has 2 heterocycles. The third-order valence-electron chi connectivity index (χ3n) is 4.86. The molecule has 2 aliphatic heterocycles. The van der Waals surface area contributed by atoms with Crippen molar-refractivity contribution in [3.63, 3.8) is 0 Å². The molecule has 10 heteroatoms. The van der Waals surface area contributed by atoms with E-state index in [1.807, 2.05) is 18.2 Å². The fraction of sp³-hybridized carbons (Fsp3) is 0.368. The van der Waals surface area contributed by atoms with Gasteiger partial charge in [-0.2, -0.15) is 0 Å². The molecule has 0 aliphatic carbocycles. The summed E-state index contributed by atoms with van der Waals surface area (Å²) >= 11 is 0. The van der Waals surface area contributed by atoms with Crippen LogP contribution >= 0.6 is 12.4 Å². The van der Waals surface area contributed by atoms with E-state index >= 15 is 0 Å². The molecule has 1 atom stereocenters. The molecule has 0 spiro atoms. The van der Waals surface area contributed by atoms with Gasteiger partial charge in [0.1, 0.15) is 5.82 Å². The smallest absolute Gasteiger partial charge is 0.240 e. The van der Waals surface area contributed by atoms with Crippen molar-refractivity contribution in [2.24, 2.45) is 0 Å². The van der Waals surface area contributed by atoms with Gasteiger partial charge in [0.05, 0.1) is 18.1 Å². The van der Waals surface area contributed by atoms with E-state index in [1.54, 1.807) is 0 Å². The molecule has 2 aromatic rings. The minimum atomic E-state index is -3.76. The molecular formula is C19H22ClFN2O5S. The molecule has 158 valence electrons. The molecule has 1 saturated heterocycles. The molecule has 2 aliphatic rings. The lowest BCUT2D eigenvalue weighted by Crippen LogP contribution is -2.43. The lowest BCUT2D eigenvalue weighted by molar-refractivity contribution is 0.0171. The van der Waals surface area contributed by atoms with Crippen LogP contribution in [0.25, 0.3) is 0 Å². The summed E-state index contributed by atoms with van der Waals surface area (Å²) in [5.41, 5.74) is 0.924. The molecule has 0 aromatic heterocycles. The summed E-state index contributed by atoms with van der Waals surface area (Å²) in [6.07, 6.45) is 0. The standard InChI is InChI=1S/C19H21FN2O5S.ClH/c20-15-2-4-16(5-3-15)28(23,24)21-12-17(22-7-9-25-10-8-22)14-1-6-18-19(11-14)27-13-26-18;/h1-6,11,17,21H,7-10,12-13H2;1H. The van der Waals surface area contributed by atoms with Crippen LogP contribution < -0.4 is 14.2 Å². The zero-order chi connectivity index (χ0) is 19.6. The number of hydrogen-bond donors (Lipinski definition) is 1. The highest BCUT2D eigenvalue weighted by Crippen LogP contribution is 2.35. The molecule has 4 rings (SSSR count). The van der Waals surface area contributed by atoms with Crippen LogP contribution in [0.1, 0.15) is 11.6 Å². The van der Waals surface area contributed by atoms with Crippen LogP contribution in [0.5, 0.6) is 11.5 Å². The maximum Gasteiger partial charge on any atom is 0.240 e. The van der Waals surface area contributed by atoms with Crippen LogP contribution in [0.2, 0.25) is 0 Å². The molecule has 1 N–H and O–H groups in total. The Morgan fingerprint density at radius 3 is 2.45 bits per heavy atom. The number of sulfonamides is 1. The van der Waals surface area contributed by atoms with Crippen LogP contribution in [0.4, 0.5) is 4.39 Å². The lowest BCUT2D eigenvalue weighted by atomic mass is 10.0. The Morgan fingerprint density at radius 1 is 1.03 bits per heavy atom. The first kappa shape index (κ1) is 21.8. The zero-order valence-corrected chi connectivity index (χ0v) is 17.2. The number of rotatable bonds is 6. The summed E-state index contributed by atoms with van der Waals surface area (Å²) < 4.78 is 57.3. The van der Waals surface area contributed by atoms with Crippen LogP contribution in [0, 0.1) is 5.82 Å². The highest BCUT2D eigenvalue weighted by molar-refractivity contribution is 7.89. The van der Waals surface area contributed by atoms with Gasteiger partial charge in [-0.3, -0.25) is 4.90 Å². The maximum atomic E-state index is 13.1. The van der Waals surface area contributed by atoms with E-state index in [4.69, 9.17) is 14.2 Å². The van der Waals surface area contributed by atoms with Crippen LogP contribution in [-0.4, -0.2) is 53.0 Å². The van der Waals surface area contributed by atoms with Crippen molar-refractivity contribution >= 4 is 22.4 Å². The second-order valence-electron chi connectivity index (χ2n) is 6.58. The maximum absolute atomic E-state index is 13.1. The highest BCUT2D eigenvalue weighted by atomic mass is 35.5. The predicted octanol–water partition coefficient (Wildman–Crippen LogP) is 2.33. The second-order valence-corrected chi connectivity index (χ2v) is 8.35. The Balaban J connectivity index is 0.00000240. The van der Waals surface area contributed by atoms with Crippen molar-refractivity contribution in [2.75, 3.05) is 39.6 Å². The average Bonchev–Trinajstić information content (AvgIpc) is 3.17. The quantitative estimate of drug-likeness (QED) is 0.737. The van der Waals surface area contributed by atoms with E-state index in [-0.39, 0.29) is 36.7 Å². The van der Waals surface area contributed by atoms with E-state index in [0.717, 1.165) is 17.7 Å². The predicted molar refractivity (Wildman–Crippen MR) is 107 cm³/mol.